The van der Waals surface area contributed by atoms with E-state index in [4.69, 9.17) is 0 Å². The van der Waals surface area contributed by atoms with Gasteiger partial charge in [-0.1, -0.05) is 54.6 Å². The van der Waals surface area contributed by atoms with Crippen LogP contribution in [-0.2, 0) is 18.0 Å². The summed E-state index contributed by atoms with van der Waals surface area (Å²) in [6, 6.07) is 17.1. The van der Waals surface area contributed by atoms with Crippen LogP contribution in [0.1, 0.15) is 38.8 Å². The highest BCUT2D eigenvalue weighted by Crippen LogP contribution is 2.40. The monoisotopic (exact) mass is 632 g/mol. The number of halogens is 9. The first-order valence-electron chi connectivity index (χ1n) is 12.5. The van der Waals surface area contributed by atoms with Gasteiger partial charge < -0.3 is 19.2 Å². The highest BCUT2D eigenvalue weighted by Gasteiger charge is 2.43. The van der Waals surface area contributed by atoms with E-state index in [2.05, 4.69) is 24.2 Å². The number of aromatic nitrogens is 1. The summed E-state index contributed by atoms with van der Waals surface area (Å²) in [5.41, 5.74) is -2.27. The second-order valence-corrected chi connectivity index (χ2v) is 9.49. The van der Waals surface area contributed by atoms with Gasteiger partial charge in [0.1, 0.15) is 11.5 Å². The van der Waals surface area contributed by atoms with Crippen molar-refractivity contribution in [3.63, 3.8) is 0 Å². The second kappa shape index (κ2) is 12.1. The average molecular weight is 632 g/mol. The van der Waals surface area contributed by atoms with Crippen LogP contribution < -0.4 is 14.8 Å². The molecule has 234 valence electrons. The zero-order valence-corrected chi connectivity index (χ0v) is 22.4. The fourth-order valence-corrected chi connectivity index (χ4v) is 4.65. The standard InChI is InChI=1S/C29H21F9N2O4/c1-17-40-23(24(42-17)27(30,31)32)25(41)39-16-26(15-18-7-3-2-4-8-18,19-9-5-11-21(13-19)43-28(33,34)35)20-10-6-12-22(14-20)44-29(36,37)38/h2-14H,15-16H2,1H3,(H,39,41). The maximum Gasteiger partial charge on any atom is 0.573 e. The molecule has 0 spiro atoms. The Kier molecular flexibility index (Phi) is 8.88. The van der Waals surface area contributed by atoms with E-state index < -0.39 is 65.6 Å². The van der Waals surface area contributed by atoms with Gasteiger partial charge in [-0.2, -0.15) is 13.2 Å². The van der Waals surface area contributed by atoms with Crippen LogP contribution in [0.4, 0.5) is 39.5 Å². The number of rotatable bonds is 9. The Morgan fingerprint density at radius 1 is 0.773 bits per heavy atom. The van der Waals surface area contributed by atoms with Crippen molar-refractivity contribution in [1.29, 1.82) is 0 Å². The molecule has 0 bridgehead atoms. The number of oxazole rings is 1. The quantitative estimate of drug-likeness (QED) is 0.191. The smallest absolute Gasteiger partial charge is 0.436 e. The molecule has 3 aromatic carbocycles. The summed E-state index contributed by atoms with van der Waals surface area (Å²) in [6.45, 7) is 0.457. The number of aryl methyl sites for hydroxylation is 1. The predicted octanol–water partition coefficient (Wildman–Crippen LogP) is 7.76. The molecular formula is C29H21F9N2O4. The minimum atomic E-state index is -5.10. The van der Waals surface area contributed by atoms with Crippen molar-refractivity contribution >= 4 is 5.91 Å². The van der Waals surface area contributed by atoms with Gasteiger partial charge in [0, 0.05) is 18.9 Å². The summed E-state index contributed by atoms with van der Waals surface area (Å²) in [7, 11) is 0. The number of hydrogen-bond donors (Lipinski definition) is 1. The van der Waals surface area contributed by atoms with Crippen LogP contribution in [-0.4, -0.2) is 30.2 Å². The van der Waals surface area contributed by atoms with Crippen molar-refractivity contribution in [2.24, 2.45) is 0 Å². The number of carbonyl (C=O) groups excluding carboxylic acids is 1. The third-order valence-electron chi connectivity index (χ3n) is 6.35. The summed E-state index contributed by atoms with van der Waals surface area (Å²) < 4.78 is 132. The normalized spacial score (nSPS) is 12.6. The lowest BCUT2D eigenvalue weighted by Gasteiger charge is -2.36. The number of alkyl halides is 9. The van der Waals surface area contributed by atoms with Gasteiger partial charge in [-0.25, -0.2) is 4.98 Å². The van der Waals surface area contributed by atoms with E-state index in [0.717, 1.165) is 31.2 Å². The van der Waals surface area contributed by atoms with Gasteiger partial charge >= 0.3 is 18.9 Å². The average Bonchev–Trinajstić information content (AvgIpc) is 3.32. The molecule has 0 aliphatic carbocycles. The van der Waals surface area contributed by atoms with Crippen molar-refractivity contribution in [2.45, 2.75) is 37.7 Å². The molecule has 1 amide bonds. The van der Waals surface area contributed by atoms with Crippen molar-refractivity contribution < 1.29 is 58.2 Å². The molecular weight excluding hydrogens is 611 g/mol. The van der Waals surface area contributed by atoms with Gasteiger partial charge in [0.15, 0.2) is 11.6 Å². The van der Waals surface area contributed by atoms with Crippen LogP contribution in [0.15, 0.2) is 83.3 Å². The highest BCUT2D eigenvalue weighted by atomic mass is 19.4. The Labute approximate surface area is 243 Å². The van der Waals surface area contributed by atoms with Gasteiger partial charge in [0.25, 0.3) is 5.91 Å². The molecule has 0 saturated heterocycles. The molecule has 4 rings (SSSR count). The molecule has 4 aromatic rings. The first-order valence-corrected chi connectivity index (χ1v) is 12.5. The molecule has 0 aliphatic heterocycles. The summed E-state index contributed by atoms with van der Waals surface area (Å²) in [4.78, 5) is 16.6. The van der Waals surface area contributed by atoms with Gasteiger partial charge in [-0.05, 0) is 47.4 Å². The molecule has 6 nitrogen and oxygen atoms in total. The van der Waals surface area contributed by atoms with Crippen LogP contribution in [0.3, 0.4) is 0 Å². The van der Waals surface area contributed by atoms with Crippen LogP contribution in [0.25, 0.3) is 0 Å². The summed E-state index contributed by atoms with van der Waals surface area (Å²) in [5.74, 6) is -4.87. The van der Waals surface area contributed by atoms with Crippen LogP contribution in [0, 0.1) is 6.92 Å². The Morgan fingerprint density at radius 2 is 1.30 bits per heavy atom. The zero-order chi connectivity index (χ0) is 32.3. The fourth-order valence-electron chi connectivity index (χ4n) is 4.65. The van der Waals surface area contributed by atoms with Crippen molar-refractivity contribution in [3.8, 4) is 11.5 Å². The third-order valence-corrected chi connectivity index (χ3v) is 6.35. The van der Waals surface area contributed by atoms with Gasteiger partial charge in [0.05, 0.1) is 0 Å². The maximum absolute atomic E-state index is 13.5. The minimum Gasteiger partial charge on any atom is -0.436 e. The van der Waals surface area contributed by atoms with E-state index in [9.17, 15) is 44.3 Å². The van der Waals surface area contributed by atoms with E-state index in [1.54, 1.807) is 30.3 Å². The number of hydrogen-bond acceptors (Lipinski definition) is 5. The molecule has 1 N–H and O–H groups in total. The number of carbonyl (C=O) groups is 1. The molecule has 0 fully saturated rings. The van der Waals surface area contributed by atoms with E-state index in [0.29, 0.717) is 5.56 Å². The van der Waals surface area contributed by atoms with Gasteiger partial charge in [0.2, 0.25) is 5.76 Å². The van der Waals surface area contributed by atoms with Crippen molar-refractivity contribution in [1.82, 2.24) is 10.3 Å². The van der Waals surface area contributed by atoms with Gasteiger partial charge in [-0.3, -0.25) is 4.79 Å². The topological polar surface area (TPSA) is 73.6 Å². The zero-order valence-electron chi connectivity index (χ0n) is 22.4. The third kappa shape index (κ3) is 8.02. The van der Waals surface area contributed by atoms with E-state index in [-0.39, 0.29) is 17.5 Å². The molecule has 0 aliphatic rings. The van der Waals surface area contributed by atoms with E-state index in [1.165, 1.54) is 24.3 Å². The molecule has 15 heteroatoms. The number of benzene rings is 3. The lowest BCUT2D eigenvalue weighted by atomic mass is 9.70. The SMILES string of the molecule is Cc1nc(C(=O)NCC(Cc2ccccc2)(c2cccc(OC(F)(F)F)c2)c2cccc(OC(F)(F)F)c2)c(C(F)(F)F)o1. The number of ether oxygens (including phenoxy) is 2. The van der Waals surface area contributed by atoms with Crippen LogP contribution in [0.2, 0.25) is 0 Å². The van der Waals surface area contributed by atoms with Gasteiger partial charge in [-0.15, -0.1) is 26.3 Å². The minimum absolute atomic E-state index is 0.0138. The van der Waals surface area contributed by atoms with E-state index >= 15 is 0 Å². The van der Waals surface area contributed by atoms with Crippen molar-refractivity contribution in [2.75, 3.05) is 6.54 Å². The molecule has 1 heterocycles. The molecule has 0 unspecified atom stereocenters. The maximum atomic E-state index is 13.5. The van der Waals surface area contributed by atoms with Crippen molar-refractivity contribution in [3.05, 3.63) is 113 Å². The summed E-state index contributed by atoms with van der Waals surface area (Å²) in [5, 5.41) is 2.33. The first-order chi connectivity index (χ1) is 20.5. The summed E-state index contributed by atoms with van der Waals surface area (Å²) in [6.07, 6.45) is -15.5. The Hall–Kier alpha value is -4.69. The first kappa shape index (κ1) is 32.2. The lowest BCUT2D eigenvalue weighted by Crippen LogP contribution is -2.44. The second-order valence-electron chi connectivity index (χ2n) is 9.49. The predicted molar refractivity (Wildman–Crippen MR) is 136 cm³/mol. The van der Waals surface area contributed by atoms with Crippen LogP contribution >= 0.6 is 0 Å². The number of nitrogens with zero attached hydrogens (tertiary/aromatic N) is 1. The fraction of sp³-hybridized carbons (Fsp3) is 0.241. The number of nitrogens with one attached hydrogen (secondary N) is 1. The van der Waals surface area contributed by atoms with E-state index in [1.807, 2.05) is 0 Å². The Balaban J connectivity index is 1.90. The molecule has 0 radical (unpaired) electrons. The molecule has 0 atom stereocenters. The lowest BCUT2D eigenvalue weighted by molar-refractivity contribution is -0.275. The molecule has 0 saturated carbocycles. The number of amides is 1. The van der Waals surface area contributed by atoms with Crippen LogP contribution in [0.5, 0.6) is 11.5 Å². The Bertz CT molecular complexity index is 1540. The highest BCUT2D eigenvalue weighted by molar-refractivity contribution is 5.93. The summed E-state index contributed by atoms with van der Waals surface area (Å²) >= 11 is 0. The largest absolute Gasteiger partial charge is 0.573 e. The molecule has 44 heavy (non-hydrogen) atoms. The Morgan fingerprint density at radius 3 is 1.77 bits per heavy atom. The molecule has 1 aromatic heterocycles.